The highest BCUT2D eigenvalue weighted by Crippen LogP contribution is 2.27. The molecular weight excluding hydrogens is 342 g/mol. The molecule has 2 rings (SSSR count). The van der Waals surface area contributed by atoms with Crippen LogP contribution in [0.5, 0.6) is 5.75 Å². The van der Waals surface area contributed by atoms with Crippen molar-refractivity contribution in [2.24, 2.45) is 0 Å². The van der Waals surface area contributed by atoms with Gasteiger partial charge in [-0.3, -0.25) is 9.59 Å². The second-order valence-electron chi connectivity index (χ2n) is 5.32. The van der Waals surface area contributed by atoms with E-state index in [1.165, 1.54) is 7.11 Å². The van der Waals surface area contributed by atoms with Crippen molar-refractivity contribution in [1.29, 1.82) is 0 Å². The molecule has 0 radical (unpaired) electrons. The Balaban J connectivity index is 2.08. The highest BCUT2D eigenvalue weighted by molar-refractivity contribution is 6.32. The van der Waals surface area contributed by atoms with E-state index in [1.807, 2.05) is 6.92 Å². The van der Waals surface area contributed by atoms with Gasteiger partial charge in [0.25, 0.3) is 11.8 Å². The van der Waals surface area contributed by atoms with Gasteiger partial charge in [-0.15, -0.1) is 0 Å². The first-order chi connectivity index (χ1) is 12.0. The molecule has 0 spiro atoms. The summed E-state index contributed by atoms with van der Waals surface area (Å²) in [6.45, 7) is 2.62. The molecular formula is C18H20ClN3O3. The van der Waals surface area contributed by atoms with Gasteiger partial charge >= 0.3 is 0 Å². The number of amides is 2. The highest BCUT2D eigenvalue weighted by Gasteiger charge is 2.13. The number of carbonyl (C=O) groups excluding carboxylic acids is 2. The largest absolute Gasteiger partial charge is 0.495 e. The van der Waals surface area contributed by atoms with Crippen LogP contribution < -0.4 is 15.4 Å². The van der Waals surface area contributed by atoms with Crippen LogP contribution in [0.4, 0.5) is 5.69 Å². The number of nitrogens with zero attached hydrogens (tertiary/aromatic N) is 1. The van der Waals surface area contributed by atoms with Crippen molar-refractivity contribution in [3.8, 4) is 5.75 Å². The number of methoxy groups -OCH3 is 1. The lowest BCUT2D eigenvalue weighted by Crippen LogP contribution is -2.26. The molecule has 6 nitrogen and oxygen atoms in total. The van der Waals surface area contributed by atoms with Gasteiger partial charge in [-0.2, -0.15) is 0 Å². The van der Waals surface area contributed by atoms with Crippen molar-refractivity contribution in [2.45, 2.75) is 19.8 Å². The van der Waals surface area contributed by atoms with E-state index in [-0.39, 0.29) is 17.3 Å². The van der Waals surface area contributed by atoms with Gasteiger partial charge < -0.3 is 15.4 Å². The van der Waals surface area contributed by atoms with E-state index in [4.69, 9.17) is 16.3 Å². The van der Waals surface area contributed by atoms with Crippen LogP contribution in [-0.2, 0) is 0 Å². The number of ether oxygens (including phenoxy) is 1. The lowest BCUT2D eigenvalue weighted by molar-refractivity contribution is 0.0948. The molecule has 0 atom stereocenters. The number of benzene rings is 1. The molecule has 7 heteroatoms. The van der Waals surface area contributed by atoms with Crippen LogP contribution in [-0.4, -0.2) is 30.5 Å². The van der Waals surface area contributed by atoms with Gasteiger partial charge in [0, 0.05) is 12.2 Å². The maximum absolute atomic E-state index is 12.3. The maximum Gasteiger partial charge on any atom is 0.274 e. The molecule has 0 unspecified atom stereocenters. The van der Waals surface area contributed by atoms with Gasteiger partial charge in [0.1, 0.15) is 17.1 Å². The van der Waals surface area contributed by atoms with E-state index in [0.717, 1.165) is 12.8 Å². The summed E-state index contributed by atoms with van der Waals surface area (Å²) in [7, 11) is 1.51. The SMILES string of the molecule is CCCCNC(=O)c1cccc(C(=O)Nc2ccc(OC)c(Cl)c2)n1. The Labute approximate surface area is 151 Å². The number of unbranched alkanes of at least 4 members (excludes halogenated alkanes) is 1. The molecule has 2 aromatic rings. The topological polar surface area (TPSA) is 80.3 Å². The zero-order chi connectivity index (χ0) is 18.2. The molecule has 0 fully saturated rings. The Bertz CT molecular complexity index is 765. The van der Waals surface area contributed by atoms with Crippen molar-refractivity contribution in [3.05, 3.63) is 52.8 Å². The fourth-order valence-electron chi connectivity index (χ4n) is 2.10. The van der Waals surface area contributed by atoms with E-state index < -0.39 is 5.91 Å². The van der Waals surface area contributed by atoms with Gasteiger partial charge in [-0.25, -0.2) is 4.98 Å². The third kappa shape index (κ3) is 5.19. The van der Waals surface area contributed by atoms with Gasteiger partial charge in [-0.1, -0.05) is 31.0 Å². The molecule has 1 aromatic heterocycles. The molecule has 2 amide bonds. The van der Waals surface area contributed by atoms with Crippen molar-refractivity contribution in [2.75, 3.05) is 19.0 Å². The first-order valence-electron chi connectivity index (χ1n) is 7.95. The lowest BCUT2D eigenvalue weighted by Gasteiger charge is -2.09. The number of aromatic nitrogens is 1. The van der Waals surface area contributed by atoms with E-state index >= 15 is 0 Å². The van der Waals surface area contributed by atoms with Gasteiger partial charge in [-0.05, 0) is 36.8 Å². The van der Waals surface area contributed by atoms with Crippen LogP contribution in [0, 0.1) is 0 Å². The minimum absolute atomic E-state index is 0.148. The number of anilines is 1. The summed E-state index contributed by atoms with van der Waals surface area (Å²) >= 11 is 6.04. The summed E-state index contributed by atoms with van der Waals surface area (Å²) in [6.07, 6.45) is 1.88. The molecule has 2 N–H and O–H groups in total. The average molecular weight is 362 g/mol. The molecule has 1 aromatic carbocycles. The Hall–Kier alpha value is -2.60. The Kier molecular flexibility index (Phi) is 6.77. The van der Waals surface area contributed by atoms with Crippen LogP contribution in [0.1, 0.15) is 40.7 Å². The van der Waals surface area contributed by atoms with Crippen molar-refractivity contribution in [3.63, 3.8) is 0 Å². The minimum Gasteiger partial charge on any atom is -0.495 e. The maximum atomic E-state index is 12.3. The van der Waals surface area contributed by atoms with Crippen molar-refractivity contribution in [1.82, 2.24) is 10.3 Å². The van der Waals surface area contributed by atoms with Crippen molar-refractivity contribution >= 4 is 29.1 Å². The lowest BCUT2D eigenvalue weighted by atomic mass is 10.2. The van der Waals surface area contributed by atoms with Gasteiger partial charge in [0.15, 0.2) is 0 Å². The Morgan fingerprint density at radius 2 is 1.88 bits per heavy atom. The van der Waals surface area contributed by atoms with E-state index in [9.17, 15) is 9.59 Å². The third-order valence-electron chi connectivity index (χ3n) is 3.44. The summed E-state index contributed by atoms with van der Waals surface area (Å²) < 4.78 is 5.07. The Morgan fingerprint density at radius 1 is 1.16 bits per heavy atom. The van der Waals surface area contributed by atoms with E-state index in [2.05, 4.69) is 15.6 Å². The van der Waals surface area contributed by atoms with Crippen LogP contribution in [0.3, 0.4) is 0 Å². The molecule has 132 valence electrons. The summed E-state index contributed by atoms with van der Waals surface area (Å²) in [5.74, 6) is -0.205. The fraction of sp³-hybridized carbons (Fsp3) is 0.278. The molecule has 0 saturated carbocycles. The zero-order valence-electron chi connectivity index (χ0n) is 14.1. The predicted octanol–water partition coefficient (Wildman–Crippen LogP) is 3.53. The van der Waals surface area contributed by atoms with E-state index in [1.54, 1.807) is 36.4 Å². The molecule has 0 saturated heterocycles. The highest BCUT2D eigenvalue weighted by atomic mass is 35.5. The monoisotopic (exact) mass is 361 g/mol. The second-order valence-corrected chi connectivity index (χ2v) is 5.73. The normalized spacial score (nSPS) is 10.2. The number of carbonyl (C=O) groups is 2. The standard InChI is InChI=1S/C18H20ClN3O3/c1-3-4-10-20-17(23)14-6-5-7-15(22-14)18(24)21-12-8-9-16(25-2)13(19)11-12/h5-9,11H,3-4,10H2,1-2H3,(H,20,23)(H,21,24). The van der Waals surface area contributed by atoms with Gasteiger partial charge in [0.05, 0.1) is 12.1 Å². The first kappa shape index (κ1) is 18.7. The van der Waals surface area contributed by atoms with Gasteiger partial charge in [0.2, 0.25) is 0 Å². The summed E-state index contributed by atoms with van der Waals surface area (Å²) in [5, 5.41) is 5.85. The number of rotatable bonds is 7. The summed E-state index contributed by atoms with van der Waals surface area (Å²) in [5.41, 5.74) is 0.863. The molecule has 25 heavy (non-hydrogen) atoms. The first-order valence-corrected chi connectivity index (χ1v) is 8.33. The fourth-order valence-corrected chi connectivity index (χ4v) is 2.35. The minimum atomic E-state index is -0.426. The molecule has 0 aliphatic carbocycles. The second kappa shape index (κ2) is 9.03. The smallest absolute Gasteiger partial charge is 0.274 e. The summed E-state index contributed by atoms with van der Waals surface area (Å²) in [6, 6.07) is 9.65. The number of nitrogens with one attached hydrogen (secondary N) is 2. The van der Waals surface area contributed by atoms with Crippen LogP contribution >= 0.6 is 11.6 Å². The number of halogens is 1. The molecule has 1 heterocycles. The Morgan fingerprint density at radius 3 is 2.52 bits per heavy atom. The number of hydrogen-bond donors (Lipinski definition) is 2. The summed E-state index contributed by atoms with van der Waals surface area (Å²) in [4.78, 5) is 28.5. The predicted molar refractivity (Wildman–Crippen MR) is 97.4 cm³/mol. The number of hydrogen-bond acceptors (Lipinski definition) is 4. The molecule has 0 bridgehead atoms. The third-order valence-corrected chi connectivity index (χ3v) is 3.74. The quantitative estimate of drug-likeness (QED) is 0.739. The molecule has 0 aliphatic rings. The van der Waals surface area contributed by atoms with Crippen molar-refractivity contribution < 1.29 is 14.3 Å². The van der Waals surface area contributed by atoms with Crippen LogP contribution in [0.15, 0.2) is 36.4 Å². The average Bonchev–Trinajstić information content (AvgIpc) is 2.62. The van der Waals surface area contributed by atoms with Crippen LogP contribution in [0.2, 0.25) is 5.02 Å². The van der Waals surface area contributed by atoms with E-state index in [0.29, 0.717) is 23.0 Å². The zero-order valence-corrected chi connectivity index (χ0v) is 14.9. The number of pyridine rings is 1. The molecule has 0 aliphatic heterocycles. The van der Waals surface area contributed by atoms with Crippen LogP contribution in [0.25, 0.3) is 0 Å².